The summed E-state index contributed by atoms with van der Waals surface area (Å²) in [7, 11) is 3.94. The second kappa shape index (κ2) is 10.6. The molecule has 0 fully saturated rings. The van der Waals surface area contributed by atoms with Crippen LogP contribution < -0.4 is 16.2 Å². The van der Waals surface area contributed by atoms with Crippen molar-refractivity contribution in [3.63, 3.8) is 0 Å². The van der Waals surface area contributed by atoms with Crippen molar-refractivity contribution in [2.75, 3.05) is 32.5 Å². The normalized spacial score (nSPS) is 10.9. The standard InChI is InChI=1S/C23H25F2N5O2/c1-29(2)10-4-9-26-23(32)27-20-6-3-5-16(11-20)15-30-22(31)8-7-21(28-30)17-12-18(24)14-19(25)13-17/h3,5-8,11-14H,4,9-10,15H2,1-2H3,(H2,26,27,32). The number of hydrogen-bond donors (Lipinski definition) is 2. The first kappa shape index (κ1) is 23.1. The maximum Gasteiger partial charge on any atom is 0.319 e. The number of anilines is 1. The maximum atomic E-state index is 13.5. The van der Waals surface area contributed by atoms with Gasteiger partial charge in [0.2, 0.25) is 0 Å². The molecule has 0 bridgehead atoms. The number of amides is 2. The van der Waals surface area contributed by atoms with Gasteiger partial charge in [-0.2, -0.15) is 5.10 Å². The number of urea groups is 1. The topological polar surface area (TPSA) is 79.3 Å². The van der Waals surface area contributed by atoms with Gasteiger partial charge < -0.3 is 15.5 Å². The van der Waals surface area contributed by atoms with Crippen LogP contribution in [0.2, 0.25) is 0 Å². The number of hydrogen-bond acceptors (Lipinski definition) is 4. The molecule has 7 nitrogen and oxygen atoms in total. The van der Waals surface area contributed by atoms with Gasteiger partial charge >= 0.3 is 6.03 Å². The number of nitrogens with zero attached hydrogens (tertiary/aromatic N) is 3. The summed E-state index contributed by atoms with van der Waals surface area (Å²) in [6, 6.07) is 12.5. The van der Waals surface area contributed by atoms with Gasteiger partial charge in [0.1, 0.15) is 11.6 Å². The van der Waals surface area contributed by atoms with E-state index in [0.717, 1.165) is 36.7 Å². The van der Waals surface area contributed by atoms with Crippen molar-refractivity contribution in [3.05, 3.63) is 82.1 Å². The third-order valence-electron chi connectivity index (χ3n) is 4.61. The van der Waals surface area contributed by atoms with E-state index in [9.17, 15) is 18.4 Å². The molecule has 3 aromatic rings. The summed E-state index contributed by atoms with van der Waals surface area (Å²) in [4.78, 5) is 26.4. The minimum atomic E-state index is -0.724. The van der Waals surface area contributed by atoms with Crippen LogP contribution in [0, 0.1) is 11.6 Å². The Labute approximate surface area is 184 Å². The summed E-state index contributed by atoms with van der Waals surface area (Å²) in [5.41, 5.74) is 1.45. The third-order valence-corrected chi connectivity index (χ3v) is 4.61. The summed E-state index contributed by atoms with van der Waals surface area (Å²) < 4.78 is 28.3. The number of aromatic nitrogens is 2. The van der Waals surface area contributed by atoms with Crippen LogP contribution in [-0.4, -0.2) is 47.9 Å². The first-order chi connectivity index (χ1) is 15.3. The minimum Gasteiger partial charge on any atom is -0.338 e. The van der Waals surface area contributed by atoms with Gasteiger partial charge in [-0.05, 0) is 63.0 Å². The van der Waals surface area contributed by atoms with Crippen LogP contribution in [0.3, 0.4) is 0 Å². The lowest BCUT2D eigenvalue weighted by Gasteiger charge is -2.12. The molecule has 0 aliphatic rings. The van der Waals surface area contributed by atoms with Gasteiger partial charge in [0, 0.05) is 29.9 Å². The SMILES string of the molecule is CN(C)CCCNC(=O)Nc1cccc(Cn2nc(-c3cc(F)cc(F)c3)ccc2=O)c1. The molecule has 0 saturated heterocycles. The van der Waals surface area contributed by atoms with Crippen LogP contribution in [0.4, 0.5) is 19.3 Å². The minimum absolute atomic E-state index is 0.129. The highest BCUT2D eigenvalue weighted by molar-refractivity contribution is 5.89. The zero-order chi connectivity index (χ0) is 23.1. The Kier molecular flexibility index (Phi) is 7.67. The highest BCUT2D eigenvalue weighted by Crippen LogP contribution is 2.19. The van der Waals surface area contributed by atoms with E-state index < -0.39 is 11.6 Å². The Morgan fingerprint density at radius 3 is 2.53 bits per heavy atom. The predicted molar refractivity (Wildman–Crippen MR) is 120 cm³/mol. The van der Waals surface area contributed by atoms with Gasteiger partial charge in [-0.1, -0.05) is 12.1 Å². The average Bonchev–Trinajstić information content (AvgIpc) is 2.72. The number of nitrogens with one attached hydrogen (secondary N) is 2. The summed E-state index contributed by atoms with van der Waals surface area (Å²) in [6.45, 7) is 1.56. The van der Waals surface area contributed by atoms with Crippen LogP contribution in [0.5, 0.6) is 0 Å². The van der Waals surface area contributed by atoms with Crippen LogP contribution in [0.1, 0.15) is 12.0 Å². The number of rotatable bonds is 8. The summed E-state index contributed by atoms with van der Waals surface area (Å²) in [6.07, 6.45) is 0.834. The van der Waals surface area contributed by atoms with Gasteiger partial charge in [0.15, 0.2) is 0 Å². The van der Waals surface area contributed by atoms with Crippen molar-refractivity contribution in [1.29, 1.82) is 0 Å². The molecule has 1 heterocycles. The lowest BCUT2D eigenvalue weighted by Crippen LogP contribution is -2.31. The van der Waals surface area contributed by atoms with Crippen molar-refractivity contribution >= 4 is 11.7 Å². The van der Waals surface area contributed by atoms with E-state index in [1.807, 2.05) is 19.0 Å². The highest BCUT2D eigenvalue weighted by Gasteiger charge is 2.09. The third kappa shape index (κ3) is 6.71. The molecule has 168 valence electrons. The van der Waals surface area contributed by atoms with Crippen LogP contribution in [0.25, 0.3) is 11.3 Å². The largest absolute Gasteiger partial charge is 0.338 e. The van der Waals surface area contributed by atoms with Crippen molar-refractivity contribution in [3.8, 4) is 11.3 Å². The summed E-state index contributed by atoms with van der Waals surface area (Å²) >= 11 is 0. The van der Waals surface area contributed by atoms with E-state index in [-0.39, 0.29) is 29.4 Å². The van der Waals surface area contributed by atoms with E-state index >= 15 is 0 Å². The monoisotopic (exact) mass is 441 g/mol. The molecule has 0 aliphatic heterocycles. The van der Waals surface area contributed by atoms with Gasteiger partial charge in [-0.3, -0.25) is 4.79 Å². The first-order valence-corrected chi connectivity index (χ1v) is 10.1. The lowest BCUT2D eigenvalue weighted by molar-refractivity contribution is 0.251. The molecule has 1 aromatic heterocycles. The smallest absolute Gasteiger partial charge is 0.319 e. The van der Waals surface area contributed by atoms with Crippen molar-refractivity contribution in [2.24, 2.45) is 0 Å². The van der Waals surface area contributed by atoms with Gasteiger partial charge in [-0.25, -0.2) is 18.3 Å². The summed E-state index contributed by atoms with van der Waals surface area (Å²) in [5.74, 6) is -1.45. The lowest BCUT2D eigenvalue weighted by atomic mass is 10.1. The average molecular weight is 441 g/mol. The Morgan fingerprint density at radius 2 is 1.81 bits per heavy atom. The fourth-order valence-corrected chi connectivity index (χ4v) is 3.11. The molecule has 0 radical (unpaired) electrons. The van der Waals surface area contributed by atoms with Crippen LogP contribution in [0.15, 0.2) is 59.4 Å². The van der Waals surface area contributed by atoms with Crippen molar-refractivity contribution in [2.45, 2.75) is 13.0 Å². The Hall–Kier alpha value is -3.59. The van der Waals surface area contributed by atoms with E-state index in [0.29, 0.717) is 12.2 Å². The van der Waals surface area contributed by atoms with E-state index in [1.54, 1.807) is 24.3 Å². The van der Waals surface area contributed by atoms with Gasteiger partial charge in [-0.15, -0.1) is 0 Å². The Bertz CT molecular complexity index is 1130. The second-order valence-electron chi connectivity index (χ2n) is 7.61. The molecule has 32 heavy (non-hydrogen) atoms. The molecule has 0 aliphatic carbocycles. The fourth-order valence-electron chi connectivity index (χ4n) is 3.11. The van der Waals surface area contributed by atoms with Gasteiger partial charge in [0.25, 0.3) is 5.56 Å². The van der Waals surface area contributed by atoms with E-state index in [4.69, 9.17) is 0 Å². The number of benzene rings is 2. The zero-order valence-electron chi connectivity index (χ0n) is 17.9. The van der Waals surface area contributed by atoms with Crippen LogP contribution >= 0.6 is 0 Å². The molecule has 0 spiro atoms. The summed E-state index contributed by atoms with van der Waals surface area (Å²) in [5, 5.41) is 9.80. The van der Waals surface area contributed by atoms with Crippen molar-refractivity contribution in [1.82, 2.24) is 20.0 Å². The zero-order valence-corrected chi connectivity index (χ0v) is 17.9. The fraction of sp³-hybridized carbons (Fsp3) is 0.261. The Balaban J connectivity index is 1.70. The van der Waals surface area contributed by atoms with Crippen LogP contribution in [-0.2, 0) is 6.54 Å². The molecule has 0 unspecified atom stereocenters. The number of halogens is 2. The maximum absolute atomic E-state index is 13.5. The molecule has 0 atom stereocenters. The van der Waals surface area contributed by atoms with E-state index in [1.165, 1.54) is 16.8 Å². The van der Waals surface area contributed by atoms with E-state index in [2.05, 4.69) is 15.7 Å². The second-order valence-corrected chi connectivity index (χ2v) is 7.61. The molecule has 2 aromatic carbocycles. The Morgan fingerprint density at radius 1 is 1.06 bits per heavy atom. The molecule has 2 amide bonds. The number of carbonyl (C=O) groups excluding carboxylic acids is 1. The molecular weight excluding hydrogens is 416 g/mol. The quantitative estimate of drug-likeness (QED) is 0.526. The van der Waals surface area contributed by atoms with Gasteiger partial charge in [0.05, 0.1) is 12.2 Å². The molecule has 2 N–H and O–H groups in total. The van der Waals surface area contributed by atoms with Crippen molar-refractivity contribution < 1.29 is 13.6 Å². The predicted octanol–water partition coefficient (Wildman–Crippen LogP) is 3.31. The molecule has 3 rings (SSSR count). The number of carbonyl (C=O) groups is 1. The molecule has 0 saturated carbocycles. The highest BCUT2D eigenvalue weighted by atomic mass is 19.1. The molecule has 9 heteroatoms. The first-order valence-electron chi connectivity index (χ1n) is 10.1. The molecular formula is C23H25F2N5O2.